The van der Waals surface area contributed by atoms with E-state index < -0.39 is 27.2 Å². The second kappa shape index (κ2) is 11.9. The number of piperazine rings is 1. The number of sulfone groups is 1. The van der Waals surface area contributed by atoms with Crippen LogP contribution in [0.4, 0.5) is 14.6 Å². The summed E-state index contributed by atoms with van der Waals surface area (Å²) in [6.07, 6.45) is 2.29. The molecule has 2 saturated heterocycles. The second-order valence-corrected chi connectivity index (χ2v) is 14.2. The molecule has 0 unspecified atom stereocenters. The summed E-state index contributed by atoms with van der Waals surface area (Å²) in [6.45, 7) is 7.54. The number of para-hydroxylation sites is 1. The average Bonchev–Trinajstić information content (AvgIpc) is 2.98. The Hall–Kier alpha value is -4.20. The molecule has 1 atom stereocenters. The fourth-order valence-electron chi connectivity index (χ4n) is 6.30. The van der Waals surface area contributed by atoms with Gasteiger partial charge in [0.25, 0.3) is 0 Å². The number of amides is 1. The molecular weight excluding hydrogens is 638 g/mol. The molecule has 2 aliphatic heterocycles. The van der Waals surface area contributed by atoms with E-state index in [1.165, 1.54) is 24.3 Å². The first kappa shape index (κ1) is 31.8. The van der Waals surface area contributed by atoms with Crippen molar-refractivity contribution in [1.82, 2.24) is 24.3 Å². The molecule has 2 aromatic carbocycles. The number of hydrogen-bond acceptors (Lipinski definition) is 8. The molecule has 0 saturated carbocycles. The van der Waals surface area contributed by atoms with Crippen molar-refractivity contribution in [3.8, 4) is 16.9 Å². The van der Waals surface area contributed by atoms with E-state index in [0.29, 0.717) is 31.7 Å². The Labute approximate surface area is 269 Å². The number of benzene rings is 2. The van der Waals surface area contributed by atoms with Crippen LogP contribution in [0, 0.1) is 11.6 Å². The maximum absolute atomic E-state index is 16.0. The number of aromatic nitrogens is 3. The number of anilines is 1. The lowest BCUT2D eigenvalue weighted by Crippen LogP contribution is -2.54. The Bertz CT molecular complexity index is 2080. The van der Waals surface area contributed by atoms with E-state index in [0.717, 1.165) is 23.0 Å². The van der Waals surface area contributed by atoms with E-state index in [2.05, 4.69) is 21.4 Å². The SMILES string of the molecule is C=CC(=O)N1CCN(c2nc(=O)n(-c3c(C4CN(C)C4)cccc3S(C)(=O)=O)c3nc(-c4ccc(F)cc4Cl)c(F)cc23)[C@@H](C)C1. The molecule has 6 rings (SSSR count). The van der Waals surface area contributed by atoms with Gasteiger partial charge in [-0.3, -0.25) is 4.79 Å². The summed E-state index contributed by atoms with van der Waals surface area (Å²) in [5, 5.41) is 0.0506. The molecule has 2 fully saturated rings. The predicted octanol–water partition coefficient (Wildman–Crippen LogP) is 4.03. The van der Waals surface area contributed by atoms with Crippen LogP contribution in [0.3, 0.4) is 0 Å². The second-order valence-electron chi connectivity index (χ2n) is 11.8. The number of likely N-dealkylation sites (tertiary alicyclic amines) is 1. The van der Waals surface area contributed by atoms with Crippen molar-refractivity contribution in [3.05, 3.63) is 87.8 Å². The molecule has 4 heterocycles. The van der Waals surface area contributed by atoms with Crippen LogP contribution in [0.1, 0.15) is 18.4 Å². The number of hydrogen-bond donors (Lipinski definition) is 0. The first-order valence-corrected chi connectivity index (χ1v) is 16.8. The third-order valence-corrected chi connectivity index (χ3v) is 9.97. The normalized spacial score (nSPS) is 17.7. The van der Waals surface area contributed by atoms with Crippen molar-refractivity contribution >= 4 is 44.2 Å². The van der Waals surface area contributed by atoms with Crippen molar-refractivity contribution in [1.29, 1.82) is 0 Å². The monoisotopic (exact) mass is 668 g/mol. The van der Waals surface area contributed by atoms with Gasteiger partial charge in [0.1, 0.15) is 23.1 Å². The summed E-state index contributed by atoms with van der Waals surface area (Å²) in [7, 11) is -1.95. The smallest absolute Gasteiger partial charge is 0.350 e. The topological polar surface area (TPSA) is 109 Å². The third-order valence-electron chi connectivity index (χ3n) is 8.53. The Kier molecular flexibility index (Phi) is 8.20. The van der Waals surface area contributed by atoms with Gasteiger partial charge < -0.3 is 14.7 Å². The Morgan fingerprint density at radius 3 is 2.46 bits per heavy atom. The summed E-state index contributed by atoms with van der Waals surface area (Å²) in [6, 6.07) is 9.11. The van der Waals surface area contributed by atoms with E-state index in [4.69, 9.17) is 11.6 Å². The molecule has 46 heavy (non-hydrogen) atoms. The summed E-state index contributed by atoms with van der Waals surface area (Å²) in [5.41, 5.74) is -0.326. The molecule has 240 valence electrons. The fourth-order valence-corrected chi connectivity index (χ4v) is 7.44. The lowest BCUT2D eigenvalue weighted by atomic mass is 9.90. The summed E-state index contributed by atoms with van der Waals surface area (Å²) in [5.74, 6) is -1.62. The molecule has 10 nitrogen and oxygen atoms in total. The number of carbonyl (C=O) groups excluding carboxylic acids is 1. The zero-order valence-corrected chi connectivity index (χ0v) is 26.9. The van der Waals surface area contributed by atoms with Crippen molar-refractivity contribution in [2.24, 2.45) is 0 Å². The number of rotatable bonds is 6. The number of nitrogens with zero attached hydrogens (tertiary/aromatic N) is 6. The molecule has 0 bridgehead atoms. The van der Waals surface area contributed by atoms with E-state index >= 15 is 4.39 Å². The first-order valence-electron chi connectivity index (χ1n) is 14.6. The predicted molar refractivity (Wildman–Crippen MR) is 172 cm³/mol. The minimum Gasteiger partial charge on any atom is -0.350 e. The molecule has 14 heteroatoms. The van der Waals surface area contributed by atoms with Crippen LogP contribution in [0.15, 0.2) is 64.8 Å². The highest BCUT2D eigenvalue weighted by Gasteiger charge is 2.34. The highest BCUT2D eigenvalue weighted by atomic mass is 35.5. The Morgan fingerprint density at radius 2 is 1.83 bits per heavy atom. The van der Waals surface area contributed by atoms with Gasteiger partial charge in [0.2, 0.25) is 5.91 Å². The minimum atomic E-state index is -3.88. The standard InChI is InChI=1S/C32H31ClF2N6O4S/c1-5-27(42)39-11-12-40(18(2)15-39)30-23-14-25(35)28(22-10-9-20(34)13-24(22)33)36-31(23)41(32(43)37-30)29-21(19-16-38(3)17-19)7-6-8-26(29)46(4,44)45/h5-10,13-14,18-19H,1,11-12,15-17H2,2-4H3/t18-/m0/s1. The number of carbonyl (C=O) groups is 1. The van der Waals surface area contributed by atoms with Crippen molar-refractivity contribution in [3.63, 3.8) is 0 Å². The van der Waals surface area contributed by atoms with Gasteiger partial charge in [-0.15, -0.1) is 0 Å². The highest BCUT2D eigenvalue weighted by Crippen LogP contribution is 2.38. The van der Waals surface area contributed by atoms with Crippen LogP contribution in [0.2, 0.25) is 5.02 Å². The van der Waals surface area contributed by atoms with E-state index in [-0.39, 0.29) is 68.1 Å². The van der Waals surface area contributed by atoms with Gasteiger partial charge in [0.05, 0.1) is 21.0 Å². The number of pyridine rings is 1. The Balaban J connectivity index is 1.67. The minimum absolute atomic E-state index is 0.0476. The van der Waals surface area contributed by atoms with E-state index in [1.54, 1.807) is 21.9 Å². The van der Waals surface area contributed by atoms with Crippen LogP contribution in [-0.2, 0) is 14.6 Å². The molecule has 4 aromatic rings. The molecule has 0 radical (unpaired) electrons. The number of likely N-dealkylation sites (N-methyl/N-ethyl adjacent to an activating group) is 1. The molecule has 0 spiro atoms. The lowest BCUT2D eigenvalue weighted by Gasteiger charge is -2.40. The van der Waals surface area contributed by atoms with Crippen LogP contribution in [0.25, 0.3) is 28.0 Å². The molecule has 2 aromatic heterocycles. The lowest BCUT2D eigenvalue weighted by molar-refractivity contribution is -0.126. The van der Waals surface area contributed by atoms with Crippen LogP contribution < -0.4 is 10.6 Å². The molecular formula is C32H31ClF2N6O4S. The highest BCUT2D eigenvalue weighted by molar-refractivity contribution is 7.90. The van der Waals surface area contributed by atoms with E-state index in [9.17, 15) is 22.4 Å². The van der Waals surface area contributed by atoms with Gasteiger partial charge in [0, 0.05) is 56.5 Å². The third kappa shape index (κ3) is 5.56. The maximum atomic E-state index is 16.0. The Morgan fingerprint density at radius 1 is 1.09 bits per heavy atom. The fraction of sp³-hybridized carbons (Fsp3) is 0.312. The largest absolute Gasteiger partial charge is 0.355 e. The quantitative estimate of drug-likeness (QED) is 0.284. The summed E-state index contributed by atoms with van der Waals surface area (Å²) < 4.78 is 57.5. The molecule has 2 aliphatic rings. The van der Waals surface area contributed by atoms with Gasteiger partial charge in [-0.05, 0) is 55.9 Å². The van der Waals surface area contributed by atoms with Crippen molar-refractivity contribution in [2.75, 3.05) is 50.9 Å². The zero-order valence-electron chi connectivity index (χ0n) is 25.4. The molecule has 1 amide bonds. The van der Waals surface area contributed by atoms with Gasteiger partial charge in [-0.1, -0.05) is 30.3 Å². The van der Waals surface area contributed by atoms with Crippen LogP contribution in [0.5, 0.6) is 0 Å². The van der Waals surface area contributed by atoms with Crippen LogP contribution in [-0.4, -0.2) is 90.7 Å². The average molecular weight is 669 g/mol. The van der Waals surface area contributed by atoms with Gasteiger partial charge in [-0.2, -0.15) is 4.98 Å². The van der Waals surface area contributed by atoms with Gasteiger partial charge in [0.15, 0.2) is 15.5 Å². The number of fused-ring (bicyclic) bond motifs is 1. The van der Waals surface area contributed by atoms with Crippen LogP contribution >= 0.6 is 11.6 Å². The van der Waals surface area contributed by atoms with Gasteiger partial charge in [-0.25, -0.2) is 31.5 Å². The van der Waals surface area contributed by atoms with Crippen molar-refractivity contribution < 1.29 is 22.0 Å². The zero-order chi connectivity index (χ0) is 33.1. The number of halogens is 3. The molecule has 0 N–H and O–H groups in total. The first-order chi connectivity index (χ1) is 21.8. The maximum Gasteiger partial charge on any atom is 0.355 e. The van der Waals surface area contributed by atoms with Crippen molar-refractivity contribution in [2.45, 2.75) is 23.8 Å². The van der Waals surface area contributed by atoms with Gasteiger partial charge >= 0.3 is 5.69 Å². The van der Waals surface area contributed by atoms with E-state index in [1.807, 2.05) is 14.0 Å². The molecule has 0 aliphatic carbocycles. The summed E-state index contributed by atoms with van der Waals surface area (Å²) in [4.78, 5) is 41.0. The summed E-state index contributed by atoms with van der Waals surface area (Å²) >= 11 is 6.33.